The lowest BCUT2D eigenvalue weighted by Crippen LogP contribution is -2.18. The second-order valence-electron chi connectivity index (χ2n) is 8.44. The second-order valence-corrected chi connectivity index (χ2v) is 8.44. The summed E-state index contributed by atoms with van der Waals surface area (Å²) in [4.78, 5) is 2.24. The van der Waals surface area contributed by atoms with Crippen molar-refractivity contribution in [2.24, 2.45) is 11.1 Å². The lowest BCUT2D eigenvalue weighted by atomic mass is 9.86. The van der Waals surface area contributed by atoms with Gasteiger partial charge in [-0.1, -0.05) is 36.3 Å². The van der Waals surface area contributed by atoms with Crippen LogP contribution in [0.15, 0.2) is 35.5 Å². The van der Waals surface area contributed by atoms with E-state index in [2.05, 4.69) is 89.1 Å². The molecule has 2 rings (SSSR count). The summed E-state index contributed by atoms with van der Waals surface area (Å²) in [7, 11) is 4.25. The Kier molecular flexibility index (Phi) is 7.82. The average Bonchev–Trinajstić information content (AvgIpc) is 2.64. The molecule has 0 fully saturated rings. The van der Waals surface area contributed by atoms with Crippen LogP contribution in [0.1, 0.15) is 52.3 Å². The fourth-order valence-electron chi connectivity index (χ4n) is 3.81. The van der Waals surface area contributed by atoms with Crippen LogP contribution in [0.2, 0.25) is 0 Å². The molecule has 0 spiro atoms. The fraction of sp³-hybridized carbons (Fsp3) is 0.480. The molecule has 0 amide bonds. The zero-order valence-corrected chi connectivity index (χ0v) is 18.6. The van der Waals surface area contributed by atoms with Crippen LogP contribution in [0.25, 0.3) is 0 Å². The Bertz CT molecular complexity index is 837. The van der Waals surface area contributed by atoms with Gasteiger partial charge in [0, 0.05) is 5.92 Å². The van der Waals surface area contributed by atoms with Crippen LogP contribution in [0.5, 0.6) is 0 Å². The standard InChI is InChI=1S/C25H36N2O/c1-17-10-13-23(15-19(17)3)25(26-28)20(4)16-22-12-11-18(2)21(5)24(22)9-8-14-27(6)7/h10-13,15,20,28H,8-9,14,16H2,1-7H3. The predicted molar refractivity (Wildman–Crippen MR) is 120 cm³/mol. The van der Waals surface area contributed by atoms with E-state index in [0.717, 1.165) is 37.1 Å². The first-order valence-corrected chi connectivity index (χ1v) is 10.3. The van der Waals surface area contributed by atoms with E-state index in [9.17, 15) is 5.21 Å². The van der Waals surface area contributed by atoms with Gasteiger partial charge >= 0.3 is 0 Å². The van der Waals surface area contributed by atoms with Gasteiger partial charge in [0.1, 0.15) is 0 Å². The molecule has 0 radical (unpaired) electrons. The van der Waals surface area contributed by atoms with Crippen molar-refractivity contribution in [1.82, 2.24) is 4.90 Å². The minimum absolute atomic E-state index is 0.141. The first kappa shape index (κ1) is 22.2. The molecule has 3 heteroatoms. The maximum Gasteiger partial charge on any atom is 0.0899 e. The lowest BCUT2D eigenvalue weighted by Gasteiger charge is -2.20. The Labute approximate surface area is 171 Å². The molecule has 1 atom stereocenters. The molecular weight excluding hydrogens is 344 g/mol. The number of aryl methyl sites for hydroxylation is 3. The Morgan fingerprint density at radius 1 is 1.00 bits per heavy atom. The Morgan fingerprint density at radius 3 is 2.29 bits per heavy atom. The van der Waals surface area contributed by atoms with Crippen molar-refractivity contribution in [2.75, 3.05) is 20.6 Å². The number of hydrogen-bond donors (Lipinski definition) is 1. The summed E-state index contributed by atoms with van der Waals surface area (Å²) in [5.74, 6) is 0.141. The zero-order chi connectivity index (χ0) is 20.8. The molecule has 2 aromatic carbocycles. The minimum Gasteiger partial charge on any atom is -0.411 e. The maximum absolute atomic E-state index is 9.74. The molecule has 0 saturated heterocycles. The van der Waals surface area contributed by atoms with Gasteiger partial charge < -0.3 is 10.1 Å². The SMILES string of the molecule is Cc1ccc(C(=NO)C(C)Cc2ccc(C)c(C)c2CCCN(C)C)cc1C. The number of benzene rings is 2. The molecule has 152 valence electrons. The first-order valence-electron chi connectivity index (χ1n) is 10.3. The van der Waals surface area contributed by atoms with E-state index in [-0.39, 0.29) is 5.92 Å². The van der Waals surface area contributed by atoms with E-state index >= 15 is 0 Å². The summed E-state index contributed by atoms with van der Waals surface area (Å²) in [5.41, 5.74) is 9.84. The zero-order valence-electron chi connectivity index (χ0n) is 18.6. The van der Waals surface area contributed by atoms with Crippen LogP contribution in [0, 0.1) is 33.6 Å². The second kappa shape index (κ2) is 9.88. The van der Waals surface area contributed by atoms with Gasteiger partial charge in [-0.3, -0.25) is 0 Å². The van der Waals surface area contributed by atoms with E-state index in [4.69, 9.17) is 0 Å². The van der Waals surface area contributed by atoms with Crippen molar-refractivity contribution in [3.63, 3.8) is 0 Å². The van der Waals surface area contributed by atoms with Crippen molar-refractivity contribution < 1.29 is 5.21 Å². The Hall–Kier alpha value is -2.13. The molecule has 0 aromatic heterocycles. The number of rotatable bonds is 8. The van der Waals surface area contributed by atoms with Crippen LogP contribution in [0.3, 0.4) is 0 Å². The van der Waals surface area contributed by atoms with Crippen molar-refractivity contribution in [3.05, 3.63) is 69.3 Å². The summed E-state index contributed by atoms with van der Waals surface area (Å²) >= 11 is 0. The molecule has 28 heavy (non-hydrogen) atoms. The van der Waals surface area contributed by atoms with Crippen molar-refractivity contribution in [3.8, 4) is 0 Å². The van der Waals surface area contributed by atoms with Crippen LogP contribution < -0.4 is 0 Å². The fourth-order valence-corrected chi connectivity index (χ4v) is 3.81. The highest BCUT2D eigenvalue weighted by Gasteiger charge is 2.18. The normalized spacial score (nSPS) is 13.2. The van der Waals surface area contributed by atoms with Gasteiger partial charge in [-0.05, 0) is 113 Å². The summed E-state index contributed by atoms with van der Waals surface area (Å²) in [5, 5.41) is 13.4. The molecule has 3 nitrogen and oxygen atoms in total. The van der Waals surface area contributed by atoms with Gasteiger partial charge in [0.05, 0.1) is 5.71 Å². The van der Waals surface area contributed by atoms with Gasteiger partial charge in [0.2, 0.25) is 0 Å². The van der Waals surface area contributed by atoms with E-state index in [1.165, 1.54) is 33.4 Å². The molecule has 2 aromatic rings. The van der Waals surface area contributed by atoms with Crippen molar-refractivity contribution in [1.29, 1.82) is 0 Å². The average molecular weight is 381 g/mol. The predicted octanol–water partition coefficient (Wildman–Crippen LogP) is 5.47. The largest absolute Gasteiger partial charge is 0.411 e. The molecule has 0 saturated carbocycles. The van der Waals surface area contributed by atoms with E-state index in [1.807, 2.05) is 0 Å². The number of hydrogen-bond acceptors (Lipinski definition) is 3. The monoisotopic (exact) mass is 380 g/mol. The van der Waals surface area contributed by atoms with Crippen LogP contribution in [-0.2, 0) is 12.8 Å². The first-order chi connectivity index (χ1) is 13.2. The number of oxime groups is 1. The molecule has 0 heterocycles. The Morgan fingerprint density at radius 2 is 1.68 bits per heavy atom. The third-order valence-electron chi connectivity index (χ3n) is 5.90. The van der Waals surface area contributed by atoms with Gasteiger partial charge in [-0.25, -0.2) is 0 Å². The molecule has 1 unspecified atom stereocenters. The van der Waals surface area contributed by atoms with E-state index in [1.54, 1.807) is 0 Å². The smallest absolute Gasteiger partial charge is 0.0899 e. The highest BCUT2D eigenvalue weighted by Crippen LogP contribution is 2.25. The third-order valence-corrected chi connectivity index (χ3v) is 5.90. The van der Waals surface area contributed by atoms with Crippen molar-refractivity contribution in [2.45, 2.75) is 53.9 Å². The molecule has 0 aliphatic carbocycles. The molecule has 0 bridgehead atoms. The lowest BCUT2D eigenvalue weighted by molar-refractivity contribution is 0.315. The maximum atomic E-state index is 9.74. The third kappa shape index (κ3) is 5.45. The molecular formula is C25H36N2O. The van der Waals surface area contributed by atoms with Gasteiger partial charge in [0.25, 0.3) is 0 Å². The molecule has 0 aliphatic rings. The van der Waals surface area contributed by atoms with Crippen LogP contribution in [0.4, 0.5) is 0 Å². The number of nitrogens with zero attached hydrogens (tertiary/aromatic N) is 2. The minimum atomic E-state index is 0.141. The quantitative estimate of drug-likeness (QED) is 0.374. The highest BCUT2D eigenvalue weighted by atomic mass is 16.4. The van der Waals surface area contributed by atoms with Gasteiger partial charge in [0.15, 0.2) is 0 Å². The summed E-state index contributed by atoms with van der Waals surface area (Å²) in [6, 6.07) is 10.8. The topological polar surface area (TPSA) is 35.8 Å². The summed E-state index contributed by atoms with van der Waals surface area (Å²) < 4.78 is 0. The van der Waals surface area contributed by atoms with E-state index in [0.29, 0.717) is 0 Å². The van der Waals surface area contributed by atoms with Gasteiger partial charge in [-0.2, -0.15) is 0 Å². The van der Waals surface area contributed by atoms with Crippen molar-refractivity contribution >= 4 is 5.71 Å². The van der Waals surface area contributed by atoms with Crippen LogP contribution >= 0.6 is 0 Å². The molecule has 1 N–H and O–H groups in total. The van der Waals surface area contributed by atoms with E-state index < -0.39 is 0 Å². The highest BCUT2D eigenvalue weighted by molar-refractivity contribution is 6.02. The molecule has 0 aliphatic heterocycles. The summed E-state index contributed by atoms with van der Waals surface area (Å²) in [6.45, 7) is 11.9. The van der Waals surface area contributed by atoms with Gasteiger partial charge in [-0.15, -0.1) is 0 Å². The van der Waals surface area contributed by atoms with Crippen LogP contribution in [-0.4, -0.2) is 36.5 Å². The summed E-state index contributed by atoms with van der Waals surface area (Å²) in [6.07, 6.45) is 3.12. The Balaban J connectivity index is 2.27.